The van der Waals surface area contributed by atoms with Crippen LogP contribution >= 0.6 is 0 Å². The van der Waals surface area contributed by atoms with Gasteiger partial charge in [-0.3, -0.25) is 0 Å². The molecule has 1 aliphatic carbocycles. The number of aryl methyl sites for hydroxylation is 1. The van der Waals surface area contributed by atoms with Gasteiger partial charge in [-0.05, 0) is 48.9 Å². The van der Waals surface area contributed by atoms with Crippen LogP contribution < -0.4 is 5.73 Å². The van der Waals surface area contributed by atoms with Crippen LogP contribution in [0.4, 0.5) is 5.69 Å². The number of anilines is 1. The van der Waals surface area contributed by atoms with Gasteiger partial charge >= 0.3 is 0 Å². The fourth-order valence-electron chi connectivity index (χ4n) is 3.66. The van der Waals surface area contributed by atoms with Crippen molar-refractivity contribution in [2.75, 3.05) is 5.73 Å². The Labute approximate surface area is 135 Å². The van der Waals surface area contributed by atoms with Crippen LogP contribution in [0.15, 0.2) is 42.5 Å². The Morgan fingerprint density at radius 3 is 2.43 bits per heavy atom. The van der Waals surface area contributed by atoms with Gasteiger partial charge in [-0.25, -0.2) is 4.98 Å². The van der Waals surface area contributed by atoms with E-state index < -0.39 is 0 Å². The zero-order valence-electron chi connectivity index (χ0n) is 13.0. The summed E-state index contributed by atoms with van der Waals surface area (Å²) in [5.41, 5.74) is 13.5. The van der Waals surface area contributed by atoms with Gasteiger partial charge in [0.15, 0.2) is 0 Å². The second-order valence-electron chi connectivity index (χ2n) is 6.10. The van der Waals surface area contributed by atoms with Crippen LogP contribution in [-0.2, 0) is 12.8 Å². The predicted octanol–water partition coefficient (Wildman–Crippen LogP) is 4.36. The first-order valence-electron chi connectivity index (χ1n) is 8.09. The molecule has 0 fully saturated rings. The first-order valence-corrected chi connectivity index (χ1v) is 8.09. The number of fused-ring (bicyclic) bond motifs is 3. The summed E-state index contributed by atoms with van der Waals surface area (Å²) in [6.07, 6.45) is 5.85. The highest BCUT2D eigenvalue weighted by Gasteiger charge is 2.21. The van der Waals surface area contributed by atoms with Crippen molar-refractivity contribution in [2.45, 2.75) is 25.7 Å². The van der Waals surface area contributed by atoms with Crippen molar-refractivity contribution in [3.63, 3.8) is 0 Å². The largest absolute Gasteiger partial charge is 0.398 e. The van der Waals surface area contributed by atoms with Crippen LogP contribution in [0.3, 0.4) is 0 Å². The molecule has 3 heteroatoms. The lowest BCUT2D eigenvalue weighted by atomic mass is 9.85. The predicted molar refractivity (Wildman–Crippen MR) is 96.1 cm³/mol. The molecule has 0 saturated carbocycles. The van der Waals surface area contributed by atoms with Crippen molar-refractivity contribution in [1.82, 2.24) is 4.98 Å². The van der Waals surface area contributed by atoms with Crippen molar-refractivity contribution < 1.29 is 0 Å². The van der Waals surface area contributed by atoms with Crippen LogP contribution in [0.5, 0.6) is 0 Å². The van der Waals surface area contributed by atoms with Crippen LogP contribution in [-0.4, -0.2) is 11.2 Å². The van der Waals surface area contributed by atoms with E-state index >= 15 is 0 Å². The molecular formula is C20H19N3. The molecule has 2 aromatic carbocycles. The lowest BCUT2D eigenvalue weighted by Crippen LogP contribution is -2.09. The third-order valence-corrected chi connectivity index (χ3v) is 4.74. The van der Waals surface area contributed by atoms with Gasteiger partial charge in [-0.15, -0.1) is 0 Å². The zero-order valence-corrected chi connectivity index (χ0v) is 13.0. The van der Waals surface area contributed by atoms with E-state index in [2.05, 4.69) is 24.3 Å². The molecule has 0 unspecified atom stereocenters. The van der Waals surface area contributed by atoms with E-state index in [1.807, 2.05) is 18.2 Å². The fourth-order valence-corrected chi connectivity index (χ4v) is 3.66. The maximum Gasteiger partial charge on any atom is 0.0744 e. The maximum absolute atomic E-state index is 7.77. The molecule has 0 radical (unpaired) electrons. The minimum absolute atomic E-state index is 0.662. The summed E-state index contributed by atoms with van der Waals surface area (Å²) in [6.45, 7) is 0. The molecular weight excluding hydrogens is 282 g/mol. The Morgan fingerprint density at radius 1 is 0.957 bits per heavy atom. The average Bonchev–Trinajstić information content (AvgIpc) is 2.62. The smallest absolute Gasteiger partial charge is 0.0744 e. The van der Waals surface area contributed by atoms with Gasteiger partial charge in [0.05, 0.1) is 11.2 Å². The summed E-state index contributed by atoms with van der Waals surface area (Å²) >= 11 is 0. The number of nitrogens with two attached hydrogens (primary N) is 1. The third kappa shape index (κ3) is 2.20. The molecule has 3 N–H and O–H groups in total. The highest BCUT2D eigenvalue weighted by atomic mass is 14.7. The number of nitrogen functional groups attached to an aromatic ring is 1. The van der Waals surface area contributed by atoms with Crippen LogP contribution in [0.1, 0.15) is 29.5 Å². The highest BCUT2D eigenvalue weighted by Crippen LogP contribution is 2.37. The summed E-state index contributed by atoms with van der Waals surface area (Å²) in [5.74, 6) is 0. The molecule has 0 amide bonds. The van der Waals surface area contributed by atoms with E-state index in [1.165, 1.54) is 35.7 Å². The molecule has 0 spiro atoms. The van der Waals surface area contributed by atoms with Crippen LogP contribution in [0.25, 0.3) is 22.2 Å². The molecule has 0 atom stereocenters. The van der Waals surface area contributed by atoms with Gasteiger partial charge in [0.1, 0.15) is 0 Å². The second kappa shape index (κ2) is 5.51. The summed E-state index contributed by atoms with van der Waals surface area (Å²) in [6, 6.07) is 14.2. The molecule has 0 saturated heterocycles. The quantitative estimate of drug-likeness (QED) is 0.545. The lowest BCUT2D eigenvalue weighted by molar-refractivity contribution is 0.689. The van der Waals surface area contributed by atoms with E-state index in [-0.39, 0.29) is 0 Å². The van der Waals surface area contributed by atoms with Crippen molar-refractivity contribution in [3.8, 4) is 11.3 Å². The SMILES string of the molecule is N=Cc1c(N)ccc2nc(-c3ccccc3)c3c(c12)CCCC3. The van der Waals surface area contributed by atoms with Gasteiger partial charge < -0.3 is 11.1 Å². The summed E-state index contributed by atoms with van der Waals surface area (Å²) in [7, 11) is 0. The number of benzene rings is 2. The highest BCUT2D eigenvalue weighted by molar-refractivity contribution is 6.05. The number of nitrogens with zero attached hydrogens (tertiary/aromatic N) is 1. The van der Waals surface area contributed by atoms with Crippen LogP contribution in [0.2, 0.25) is 0 Å². The molecule has 0 bridgehead atoms. The number of pyridine rings is 1. The molecule has 23 heavy (non-hydrogen) atoms. The average molecular weight is 301 g/mol. The summed E-state index contributed by atoms with van der Waals surface area (Å²) in [4.78, 5) is 4.95. The van der Waals surface area contributed by atoms with E-state index in [9.17, 15) is 0 Å². The maximum atomic E-state index is 7.77. The first kappa shape index (κ1) is 13.9. The molecule has 3 nitrogen and oxygen atoms in total. The van der Waals surface area contributed by atoms with Gasteiger partial charge in [0.25, 0.3) is 0 Å². The molecule has 0 aliphatic heterocycles. The second-order valence-corrected chi connectivity index (χ2v) is 6.10. The Morgan fingerprint density at radius 2 is 1.70 bits per heavy atom. The Hall–Kier alpha value is -2.68. The van der Waals surface area contributed by atoms with Crippen molar-refractivity contribution in [1.29, 1.82) is 5.41 Å². The first-order chi connectivity index (χ1) is 11.3. The van der Waals surface area contributed by atoms with E-state index in [1.54, 1.807) is 0 Å². The number of hydrogen-bond acceptors (Lipinski definition) is 3. The fraction of sp³-hybridized carbons (Fsp3) is 0.200. The van der Waals surface area contributed by atoms with Gasteiger partial charge in [0.2, 0.25) is 0 Å². The lowest BCUT2D eigenvalue weighted by Gasteiger charge is -2.22. The van der Waals surface area contributed by atoms with Crippen molar-refractivity contribution >= 4 is 22.8 Å². The topological polar surface area (TPSA) is 62.8 Å². The van der Waals surface area contributed by atoms with Crippen molar-refractivity contribution in [3.05, 3.63) is 59.2 Å². The minimum atomic E-state index is 0.662. The molecule has 4 rings (SSSR count). The standard InChI is InChI=1S/C20H19N3/c21-12-16-17(22)10-11-18-19(16)14-8-4-5-9-15(14)20(23-18)13-6-2-1-3-7-13/h1-3,6-7,10-12,21H,4-5,8-9,22H2. The van der Waals surface area contributed by atoms with Gasteiger partial charge in [0, 0.05) is 28.4 Å². The summed E-state index contributed by atoms with van der Waals surface area (Å²) < 4.78 is 0. The molecule has 3 aromatic rings. The molecule has 1 heterocycles. The Bertz CT molecular complexity index is 898. The number of nitrogens with one attached hydrogen (secondary N) is 1. The minimum Gasteiger partial charge on any atom is -0.398 e. The Kier molecular flexibility index (Phi) is 3.34. The van der Waals surface area contributed by atoms with Crippen molar-refractivity contribution in [2.24, 2.45) is 0 Å². The zero-order chi connectivity index (χ0) is 15.8. The normalized spacial score (nSPS) is 13.7. The van der Waals surface area contributed by atoms with E-state index in [0.717, 1.165) is 35.0 Å². The monoisotopic (exact) mass is 301 g/mol. The molecule has 114 valence electrons. The van der Waals surface area contributed by atoms with E-state index in [0.29, 0.717) is 5.69 Å². The number of rotatable bonds is 2. The molecule has 1 aromatic heterocycles. The van der Waals surface area contributed by atoms with Crippen LogP contribution in [0, 0.1) is 5.41 Å². The summed E-state index contributed by atoms with van der Waals surface area (Å²) in [5, 5.41) is 8.85. The number of aromatic nitrogens is 1. The van der Waals surface area contributed by atoms with E-state index in [4.69, 9.17) is 16.1 Å². The third-order valence-electron chi connectivity index (χ3n) is 4.74. The molecule has 1 aliphatic rings. The number of hydrogen-bond donors (Lipinski definition) is 2. The Balaban J connectivity index is 2.11. The van der Waals surface area contributed by atoms with Gasteiger partial charge in [-0.1, -0.05) is 30.3 Å². The van der Waals surface area contributed by atoms with Gasteiger partial charge in [-0.2, -0.15) is 0 Å².